The number of likely N-dealkylation sites (tertiary alicyclic amines) is 1. The number of aryl methyl sites for hydroxylation is 1. The van der Waals surface area contributed by atoms with Crippen molar-refractivity contribution in [1.29, 1.82) is 0 Å². The zero-order valence-corrected chi connectivity index (χ0v) is 15.2. The number of nitrogens with two attached hydrogens (primary N) is 1. The van der Waals surface area contributed by atoms with Gasteiger partial charge in [-0.2, -0.15) is 0 Å². The van der Waals surface area contributed by atoms with Gasteiger partial charge in [-0.3, -0.25) is 4.79 Å². The second kappa shape index (κ2) is 8.88. The predicted octanol–water partition coefficient (Wildman–Crippen LogP) is 3.00. The molecule has 5 heteroatoms. The van der Waals surface area contributed by atoms with E-state index in [9.17, 15) is 4.79 Å². The van der Waals surface area contributed by atoms with Gasteiger partial charge in [-0.25, -0.2) is 0 Å². The van der Waals surface area contributed by atoms with E-state index in [4.69, 9.17) is 10.5 Å². The van der Waals surface area contributed by atoms with Crippen LogP contribution in [-0.2, 0) is 11.2 Å². The van der Waals surface area contributed by atoms with Crippen molar-refractivity contribution in [3.63, 3.8) is 0 Å². The molecule has 0 saturated carbocycles. The second-order valence-electron chi connectivity index (χ2n) is 6.29. The Balaban J connectivity index is 0.00000225. The van der Waals surface area contributed by atoms with Crippen LogP contribution < -0.4 is 10.5 Å². The van der Waals surface area contributed by atoms with Crippen LogP contribution in [-0.4, -0.2) is 37.0 Å². The molecule has 2 atom stereocenters. The highest BCUT2D eigenvalue weighted by Crippen LogP contribution is 2.27. The van der Waals surface area contributed by atoms with Crippen molar-refractivity contribution in [1.82, 2.24) is 4.90 Å². The van der Waals surface area contributed by atoms with Gasteiger partial charge in [-0.15, -0.1) is 12.4 Å². The molecule has 2 aromatic rings. The van der Waals surface area contributed by atoms with E-state index in [1.54, 1.807) is 7.11 Å². The van der Waals surface area contributed by atoms with Crippen molar-refractivity contribution in [2.24, 2.45) is 5.73 Å². The molecule has 25 heavy (non-hydrogen) atoms. The summed E-state index contributed by atoms with van der Waals surface area (Å²) in [6.45, 7) is 1.33. The first-order valence-corrected chi connectivity index (χ1v) is 8.39. The lowest BCUT2D eigenvalue weighted by atomic mass is 9.95. The Kier molecular flexibility index (Phi) is 6.85. The average molecular weight is 361 g/mol. The van der Waals surface area contributed by atoms with E-state index in [0.29, 0.717) is 25.9 Å². The summed E-state index contributed by atoms with van der Waals surface area (Å²) in [5.74, 6) is 1.22. The minimum Gasteiger partial charge on any atom is -0.496 e. The SMILES string of the molecule is COc1ccccc1CCC(=O)N1C[C@@H](N)[C@H](c2ccccc2)C1.Cl. The summed E-state index contributed by atoms with van der Waals surface area (Å²) in [6.07, 6.45) is 1.17. The molecule has 2 aromatic carbocycles. The summed E-state index contributed by atoms with van der Waals surface area (Å²) in [4.78, 5) is 14.5. The van der Waals surface area contributed by atoms with Gasteiger partial charge in [-0.05, 0) is 23.6 Å². The topological polar surface area (TPSA) is 55.6 Å². The van der Waals surface area contributed by atoms with Gasteiger partial charge >= 0.3 is 0 Å². The fraction of sp³-hybridized carbons (Fsp3) is 0.350. The highest BCUT2D eigenvalue weighted by Gasteiger charge is 2.33. The van der Waals surface area contributed by atoms with E-state index in [-0.39, 0.29) is 30.3 Å². The summed E-state index contributed by atoms with van der Waals surface area (Å²) in [5, 5.41) is 0. The van der Waals surface area contributed by atoms with Crippen molar-refractivity contribution < 1.29 is 9.53 Å². The first-order chi connectivity index (χ1) is 11.7. The number of hydrogen-bond donors (Lipinski definition) is 1. The Morgan fingerprint density at radius 1 is 1.12 bits per heavy atom. The van der Waals surface area contributed by atoms with Crippen LogP contribution in [0.3, 0.4) is 0 Å². The number of halogens is 1. The third-order valence-electron chi connectivity index (χ3n) is 4.75. The minimum absolute atomic E-state index is 0. The van der Waals surface area contributed by atoms with Crippen LogP contribution in [0.25, 0.3) is 0 Å². The molecule has 2 N–H and O–H groups in total. The van der Waals surface area contributed by atoms with Gasteiger partial charge in [0.25, 0.3) is 0 Å². The largest absolute Gasteiger partial charge is 0.496 e. The zero-order chi connectivity index (χ0) is 16.9. The Morgan fingerprint density at radius 2 is 1.80 bits per heavy atom. The van der Waals surface area contributed by atoms with E-state index < -0.39 is 0 Å². The number of amides is 1. The molecule has 1 amide bonds. The lowest BCUT2D eigenvalue weighted by Crippen LogP contribution is -2.32. The highest BCUT2D eigenvalue weighted by atomic mass is 35.5. The van der Waals surface area contributed by atoms with E-state index in [1.807, 2.05) is 47.4 Å². The lowest BCUT2D eigenvalue weighted by Gasteiger charge is -2.17. The highest BCUT2D eigenvalue weighted by molar-refractivity contribution is 5.85. The molecule has 4 nitrogen and oxygen atoms in total. The van der Waals surface area contributed by atoms with Gasteiger partial charge in [0.15, 0.2) is 0 Å². The fourth-order valence-corrected chi connectivity index (χ4v) is 3.39. The maximum Gasteiger partial charge on any atom is 0.222 e. The normalized spacial score (nSPS) is 19.4. The third-order valence-corrected chi connectivity index (χ3v) is 4.75. The lowest BCUT2D eigenvalue weighted by molar-refractivity contribution is -0.130. The molecule has 3 rings (SSSR count). The van der Waals surface area contributed by atoms with Crippen LogP contribution in [0.1, 0.15) is 23.5 Å². The van der Waals surface area contributed by atoms with E-state index in [2.05, 4.69) is 12.1 Å². The van der Waals surface area contributed by atoms with Crippen LogP contribution >= 0.6 is 12.4 Å². The van der Waals surface area contributed by atoms with Crippen molar-refractivity contribution in [3.8, 4) is 5.75 Å². The summed E-state index contributed by atoms with van der Waals surface area (Å²) < 4.78 is 5.35. The first kappa shape index (κ1) is 19.3. The zero-order valence-electron chi connectivity index (χ0n) is 14.4. The molecule has 0 unspecified atom stereocenters. The van der Waals surface area contributed by atoms with E-state index >= 15 is 0 Å². The number of hydrogen-bond acceptors (Lipinski definition) is 3. The number of benzene rings is 2. The van der Waals surface area contributed by atoms with Crippen LogP contribution in [0, 0.1) is 0 Å². The molecular formula is C20H25ClN2O2. The van der Waals surface area contributed by atoms with Crippen molar-refractivity contribution in [2.45, 2.75) is 24.8 Å². The molecule has 1 saturated heterocycles. The summed E-state index contributed by atoms with van der Waals surface area (Å²) in [5.41, 5.74) is 8.56. The molecule has 1 aliphatic rings. The standard InChI is InChI=1S/C20H24N2O2.ClH/c1-24-19-10-6-5-9-16(19)11-12-20(23)22-13-17(18(21)14-22)15-7-3-2-4-8-15;/h2-10,17-18H,11-14,21H2,1H3;1H/t17-,18+;/m0./s1. The molecule has 134 valence electrons. The van der Waals surface area contributed by atoms with Crippen LogP contribution in [0.2, 0.25) is 0 Å². The number of ether oxygens (including phenoxy) is 1. The second-order valence-corrected chi connectivity index (χ2v) is 6.29. The van der Waals surface area contributed by atoms with Crippen molar-refractivity contribution in [2.75, 3.05) is 20.2 Å². The number of rotatable bonds is 5. The summed E-state index contributed by atoms with van der Waals surface area (Å²) in [6, 6.07) is 18.1. The van der Waals surface area contributed by atoms with Gasteiger partial charge in [-0.1, -0.05) is 48.5 Å². The van der Waals surface area contributed by atoms with Gasteiger partial charge < -0.3 is 15.4 Å². The monoisotopic (exact) mass is 360 g/mol. The van der Waals surface area contributed by atoms with Crippen LogP contribution in [0.5, 0.6) is 5.75 Å². The quantitative estimate of drug-likeness (QED) is 0.891. The van der Waals surface area contributed by atoms with Gasteiger partial charge in [0.1, 0.15) is 5.75 Å². The Morgan fingerprint density at radius 3 is 2.52 bits per heavy atom. The molecule has 0 aliphatic carbocycles. The first-order valence-electron chi connectivity index (χ1n) is 8.39. The number of carbonyl (C=O) groups excluding carboxylic acids is 1. The molecule has 0 aromatic heterocycles. The average Bonchev–Trinajstić information content (AvgIpc) is 3.02. The molecular weight excluding hydrogens is 336 g/mol. The summed E-state index contributed by atoms with van der Waals surface area (Å²) >= 11 is 0. The van der Waals surface area contributed by atoms with Gasteiger partial charge in [0.2, 0.25) is 5.91 Å². The minimum atomic E-state index is 0. The predicted molar refractivity (Wildman–Crippen MR) is 102 cm³/mol. The molecule has 0 radical (unpaired) electrons. The van der Waals surface area contributed by atoms with Crippen LogP contribution in [0.4, 0.5) is 0 Å². The molecule has 0 bridgehead atoms. The van der Waals surface area contributed by atoms with Gasteiger partial charge in [0.05, 0.1) is 7.11 Å². The third kappa shape index (κ3) is 4.53. The molecule has 1 fully saturated rings. The number of methoxy groups -OCH3 is 1. The summed E-state index contributed by atoms with van der Waals surface area (Å²) in [7, 11) is 1.66. The molecule has 1 aliphatic heterocycles. The fourth-order valence-electron chi connectivity index (χ4n) is 3.39. The molecule has 0 spiro atoms. The maximum absolute atomic E-state index is 12.6. The Hall–Kier alpha value is -2.04. The number of nitrogens with zero attached hydrogens (tertiary/aromatic N) is 1. The number of carbonyl (C=O) groups is 1. The maximum atomic E-state index is 12.6. The number of para-hydroxylation sites is 1. The Labute approximate surface area is 155 Å². The molecule has 1 heterocycles. The van der Waals surface area contributed by atoms with E-state index in [1.165, 1.54) is 5.56 Å². The van der Waals surface area contributed by atoms with Crippen molar-refractivity contribution in [3.05, 3.63) is 65.7 Å². The smallest absolute Gasteiger partial charge is 0.222 e. The Bertz CT molecular complexity index is 693. The van der Waals surface area contributed by atoms with E-state index in [0.717, 1.165) is 11.3 Å². The van der Waals surface area contributed by atoms with Crippen LogP contribution in [0.15, 0.2) is 54.6 Å². The van der Waals surface area contributed by atoms with Gasteiger partial charge in [0, 0.05) is 31.5 Å². The van der Waals surface area contributed by atoms with Crippen molar-refractivity contribution >= 4 is 18.3 Å².